The Kier molecular flexibility index (Phi) is 7.35. The van der Waals surface area contributed by atoms with Gasteiger partial charge in [0.15, 0.2) is 5.17 Å². The molecule has 190 valence electrons. The second-order valence-corrected chi connectivity index (χ2v) is 9.68. The van der Waals surface area contributed by atoms with E-state index in [-0.39, 0.29) is 16.5 Å². The largest absolute Gasteiger partial charge is 0.545 e. The standard InChI is InChI=1S/C29H21ClN2O5S/c1-36-21-10-7-18(8-11-21)17-32-27(33)26(38-29(32)31-20-5-3-2-4-6-20)16-22-12-14-25(37-22)19-9-13-24(30)23(15-19)28(34)35/h2-16H,17H2,1H3,(H,34,35)/p-1. The van der Waals surface area contributed by atoms with Gasteiger partial charge in [-0.2, -0.15) is 0 Å². The fraction of sp³-hybridized carbons (Fsp3) is 0.0690. The fourth-order valence-corrected chi connectivity index (χ4v) is 4.98. The smallest absolute Gasteiger partial charge is 0.267 e. The molecule has 9 heteroatoms. The summed E-state index contributed by atoms with van der Waals surface area (Å²) >= 11 is 7.20. The summed E-state index contributed by atoms with van der Waals surface area (Å²) in [5.41, 5.74) is 2.05. The van der Waals surface area contributed by atoms with Crippen LogP contribution in [0.2, 0.25) is 5.02 Å². The van der Waals surface area contributed by atoms with Crippen molar-refractivity contribution in [3.05, 3.63) is 112 Å². The molecule has 3 aromatic carbocycles. The van der Waals surface area contributed by atoms with Crippen molar-refractivity contribution in [1.82, 2.24) is 4.90 Å². The van der Waals surface area contributed by atoms with Crippen LogP contribution in [0.5, 0.6) is 5.75 Å². The number of benzene rings is 3. The monoisotopic (exact) mass is 543 g/mol. The van der Waals surface area contributed by atoms with Crippen molar-refractivity contribution < 1.29 is 23.8 Å². The van der Waals surface area contributed by atoms with E-state index in [1.807, 2.05) is 54.6 Å². The molecule has 4 aromatic rings. The fourth-order valence-electron chi connectivity index (χ4n) is 3.81. The summed E-state index contributed by atoms with van der Waals surface area (Å²) in [6, 6.07) is 24.9. The highest BCUT2D eigenvalue weighted by Gasteiger charge is 2.34. The highest BCUT2D eigenvalue weighted by molar-refractivity contribution is 8.18. The number of aliphatic imine (C=N–C) groups is 1. The number of carboxylic acid groups (broad SMARTS) is 1. The topological polar surface area (TPSA) is 95.2 Å². The Labute approximate surface area is 228 Å². The van der Waals surface area contributed by atoms with Gasteiger partial charge in [0.25, 0.3) is 5.91 Å². The predicted molar refractivity (Wildman–Crippen MR) is 146 cm³/mol. The third kappa shape index (κ3) is 5.51. The van der Waals surface area contributed by atoms with Crippen LogP contribution in [0.25, 0.3) is 17.4 Å². The number of furan rings is 1. The number of amides is 1. The molecular weight excluding hydrogens is 524 g/mol. The first-order chi connectivity index (χ1) is 18.4. The summed E-state index contributed by atoms with van der Waals surface area (Å²) < 4.78 is 11.2. The average Bonchev–Trinajstić information content (AvgIpc) is 3.50. The molecule has 7 nitrogen and oxygen atoms in total. The maximum atomic E-state index is 13.5. The lowest BCUT2D eigenvalue weighted by Gasteiger charge is -2.16. The first kappa shape index (κ1) is 25.4. The molecule has 2 heterocycles. The minimum atomic E-state index is -1.37. The molecule has 1 saturated heterocycles. The Hall–Kier alpha value is -4.27. The summed E-state index contributed by atoms with van der Waals surface area (Å²) in [6.07, 6.45) is 1.65. The number of methoxy groups -OCH3 is 1. The van der Waals surface area contributed by atoms with Crippen molar-refractivity contribution in [2.45, 2.75) is 6.54 Å². The van der Waals surface area contributed by atoms with Crippen LogP contribution in [0.3, 0.4) is 0 Å². The van der Waals surface area contributed by atoms with Crippen LogP contribution in [0, 0.1) is 0 Å². The lowest BCUT2D eigenvalue weighted by molar-refractivity contribution is -0.255. The molecule has 0 N–H and O–H groups in total. The maximum Gasteiger partial charge on any atom is 0.267 e. The van der Waals surface area contributed by atoms with Crippen LogP contribution in [-0.4, -0.2) is 29.1 Å². The molecule has 0 bridgehead atoms. The second-order valence-electron chi connectivity index (χ2n) is 8.26. The number of halogens is 1. The number of para-hydroxylation sites is 1. The predicted octanol–water partition coefficient (Wildman–Crippen LogP) is 5.78. The van der Waals surface area contributed by atoms with Crippen molar-refractivity contribution in [1.29, 1.82) is 0 Å². The number of hydrogen-bond donors (Lipinski definition) is 0. The van der Waals surface area contributed by atoms with Gasteiger partial charge in [-0.25, -0.2) is 4.99 Å². The van der Waals surface area contributed by atoms with Gasteiger partial charge in [0.2, 0.25) is 0 Å². The lowest BCUT2D eigenvalue weighted by atomic mass is 10.1. The van der Waals surface area contributed by atoms with Crippen LogP contribution in [0.1, 0.15) is 21.7 Å². The van der Waals surface area contributed by atoms with Crippen LogP contribution in [0.4, 0.5) is 5.69 Å². The number of nitrogens with zero attached hydrogens (tertiary/aromatic N) is 2. The number of carboxylic acids is 1. The molecule has 1 aliphatic rings. The maximum absolute atomic E-state index is 13.5. The van der Waals surface area contributed by atoms with E-state index in [1.54, 1.807) is 36.3 Å². The van der Waals surface area contributed by atoms with Gasteiger partial charge in [0, 0.05) is 22.2 Å². The molecule has 1 amide bonds. The number of rotatable bonds is 7. The zero-order valence-electron chi connectivity index (χ0n) is 20.1. The third-order valence-electron chi connectivity index (χ3n) is 5.74. The van der Waals surface area contributed by atoms with E-state index in [9.17, 15) is 14.7 Å². The second kappa shape index (κ2) is 11.0. The lowest BCUT2D eigenvalue weighted by Crippen LogP contribution is -2.28. The van der Waals surface area contributed by atoms with E-state index >= 15 is 0 Å². The van der Waals surface area contributed by atoms with Gasteiger partial charge in [-0.15, -0.1) is 0 Å². The molecule has 0 saturated carbocycles. The molecule has 0 atom stereocenters. The summed E-state index contributed by atoms with van der Waals surface area (Å²) in [6.45, 7) is 0.332. The summed E-state index contributed by atoms with van der Waals surface area (Å²) in [5.74, 6) is 0.0200. The Morgan fingerprint density at radius 2 is 1.84 bits per heavy atom. The molecule has 1 fully saturated rings. The minimum absolute atomic E-state index is 0.0813. The molecule has 1 aromatic heterocycles. The molecule has 0 unspecified atom stereocenters. The van der Waals surface area contributed by atoms with Crippen LogP contribution in [-0.2, 0) is 11.3 Å². The molecule has 0 aliphatic carbocycles. The Bertz CT molecular complexity index is 1560. The van der Waals surface area contributed by atoms with Gasteiger partial charge in [-0.3, -0.25) is 9.69 Å². The Balaban J connectivity index is 1.45. The van der Waals surface area contributed by atoms with Crippen LogP contribution >= 0.6 is 23.4 Å². The first-order valence-corrected chi connectivity index (χ1v) is 12.7. The summed E-state index contributed by atoms with van der Waals surface area (Å²) in [7, 11) is 1.60. The van der Waals surface area contributed by atoms with Crippen LogP contribution < -0.4 is 9.84 Å². The van der Waals surface area contributed by atoms with Gasteiger partial charge in [0.05, 0.1) is 30.2 Å². The van der Waals surface area contributed by atoms with Crippen molar-refractivity contribution in [2.24, 2.45) is 4.99 Å². The molecule has 1 aliphatic heterocycles. The molecular formula is C29H20ClN2O5S-. The highest BCUT2D eigenvalue weighted by atomic mass is 35.5. The summed E-state index contributed by atoms with van der Waals surface area (Å²) in [4.78, 5) is 31.6. The van der Waals surface area contributed by atoms with E-state index in [1.165, 1.54) is 23.9 Å². The van der Waals surface area contributed by atoms with Gasteiger partial charge in [0.1, 0.15) is 17.3 Å². The van der Waals surface area contributed by atoms with Gasteiger partial charge in [-0.1, -0.05) is 41.9 Å². The zero-order valence-corrected chi connectivity index (χ0v) is 21.7. The van der Waals surface area contributed by atoms with E-state index in [0.717, 1.165) is 17.0 Å². The van der Waals surface area contributed by atoms with Gasteiger partial charge >= 0.3 is 0 Å². The van der Waals surface area contributed by atoms with Crippen molar-refractivity contribution >= 4 is 52.2 Å². The number of amidine groups is 1. The molecule has 5 rings (SSSR count). The SMILES string of the molecule is COc1ccc(CN2C(=O)C(=Cc3ccc(-c4ccc(Cl)c(C(=O)[O-])c4)o3)SC2=Nc2ccccc2)cc1. The quantitative estimate of drug-likeness (QED) is 0.274. The molecule has 38 heavy (non-hydrogen) atoms. The number of hydrogen-bond acceptors (Lipinski definition) is 7. The average molecular weight is 544 g/mol. The highest BCUT2D eigenvalue weighted by Crippen LogP contribution is 2.36. The normalized spacial score (nSPS) is 15.4. The Morgan fingerprint density at radius 1 is 1.08 bits per heavy atom. The van der Waals surface area contributed by atoms with Crippen molar-refractivity contribution in [2.75, 3.05) is 7.11 Å². The number of ether oxygens (including phenoxy) is 1. The van der Waals surface area contributed by atoms with E-state index < -0.39 is 5.97 Å². The number of aromatic carboxylic acids is 1. The zero-order chi connectivity index (χ0) is 26.6. The first-order valence-electron chi connectivity index (χ1n) is 11.5. The van der Waals surface area contributed by atoms with Crippen molar-refractivity contribution in [3.8, 4) is 17.1 Å². The number of carbonyl (C=O) groups excluding carboxylic acids is 2. The number of thioether (sulfide) groups is 1. The third-order valence-corrected chi connectivity index (χ3v) is 7.08. The van der Waals surface area contributed by atoms with E-state index in [4.69, 9.17) is 25.7 Å². The Morgan fingerprint density at radius 3 is 2.55 bits per heavy atom. The van der Waals surface area contributed by atoms with E-state index in [0.29, 0.717) is 33.7 Å². The minimum Gasteiger partial charge on any atom is -0.545 e. The summed E-state index contributed by atoms with van der Waals surface area (Å²) in [5, 5.41) is 12.0. The number of carbonyl (C=O) groups is 2. The van der Waals surface area contributed by atoms with Crippen LogP contribution in [0.15, 0.2) is 99.2 Å². The van der Waals surface area contributed by atoms with E-state index in [2.05, 4.69) is 0 Å². The van der Waals surface area contributed by atoms with Gasteiger partial charge < -0.3 is 19.1 Å². The molecule has 0 radical (unpaired) electrons. The van der Waals surface area contributed by atoms with Crippen molar-refractivity contribution in [3.63, 3.8) is 0 Å². The van der Waals surface area contributed by atoms with Gasteiger partial charge in [-0.05, 0) is 71.9 Å². The molecule has 0 spiro atoms.